The summed E-state index contributed by atoms with van der Waals surface area (Å²) < 4.78 is 18.1. The second-order valence-electron chi connectivity index (χ2n) is 5.88. The third-order valence-electron chi connectivity index (χ3n) is 4.56. The van der Waals surface area contributed by atoms with E-state index in [-0.39, 0.29) is 0 Å². The Balaban J connectivity index is 1.77. The quantitative estimate of drug-likeness (QED) is 0.678. The maximum absolute atomic E-state index is 12.3. The van der Waals surface area contributed by atoms with E-state index in [1.807, 2.05) is 0 Å². The van der Waals surface area contributed by atoms with E-state index < -0.39 is 8.03 Å². The van der Waals surface area contributed by atoms with E-state index in [9.17, 15) is 4.57 Å². The Morgan fingerprint density at radius 3 is 2.06 bits per heavy atom. The van der Waals surface area contributed by atoms with Gasteiger partial charge in [0, 0.05) is 5.66 Å². The van der Waals surface area contributed by atoms with Gasteiger partial charge < -0.3 is 4.52 Å². The lowest BCUT2D eigenvalue weighted by Gasteiger charge is -2.29. The second kappa shape index (κ2) is 6.95. The van der Waals surface area contributed by atoms with Crippen molar-refractivity contribution in [1.82, 2.24) is 0 Å². The first-order valence-corrected chi connectivity index (χ1v) is 8.87. The van der Waals surface area contributed by atoms with E-state index >= 15 is 0 Å². The van der Waals surface area contributed by atoms with Gasteiger partial charge in [-0.05, 0) is 31.6 Å². The van der Waals surface area contributed by atoms with Crippen LogP contribution in [0.1, 0.15) is 71.1 Å². The summed E-state index contributed by atoms with van der Waals surface area (Å²) >= 11 is 0. The molecule has 17 heavy (non-hydrogen) atoms. The molecule has 2 aliphatic carbocycles. The molecule has 2 fully saturated rings. The Morgan fingerprint density at radius 1 is 0.941 bits per heavy atom. The zero-order chi connectivity index (χ0) is 12.1. The molecule has 2 unspecified atom stereocenters. The minimum Gasteiger partial charge on any atom is -0.327 e. The molecule has 0 amide bonds. The van der Waals surface area contributed by atoms with Gasteiger partial charge in [0.25, 0.3) is 0 Å². The molecule has 2 rings (SSSR count). The summed E-state index contributed by atoms with van der Waals surface area (Å²) in [6, 6.07) is 0. The average Bonchev–Trinajstić information content (AvgIpc) is 2.40. The first-order chi connectivity index (χ1) is 8.27. The highest BCUT2D eigenvalue weighted by Gasteiger charge is 2.27. The van der Waals surface area contributed by atoms with Gasteiger partial charge in [0.1, 0.15) is 0 Å². The van der Waals surface area contributed by atoms with Gasteiger partial charge >= 0.3 is 0 Å². The SMILES string of the molecule is CC(C1CCCCC1)[PH](=O)OC1CCCCC1. The van der Waals surface area contributed by atoms with Gasteiger partial charge in [0.2, 0.25) is 0 Å². The van der Waals surface area contributed by atoms with Gasteiger partial charge in [-0.3, -0.25) is 4.57 Å². The fourth-order valence-electron chi connectivity index (χ4n) is 3.28. The zero-order valence-corrected chi connectivity index (χ0v) is 12.1. The van der Waals surface area contributed by atoms with Crippen molar-refractivity contribution in [2.75, 3.05) is 0 Å². The molecule has 2 atom stereocenters. The molecule has 2 nitrogen and oxygen atoms in total. The van der Waals surface area contributed by atoms with Crippen molar-refractivity contribution in [2.45, 2.75) is 82.9 Å². The Kier molecular flexibility index (Phi) is 5.56. The van der Waals surface area contributed by atoms with E-state index in [0.29, 0.717) is 17.7 Å². The molecule has 0 saturated heterocycles. The van der Waals surface area contributed by atoms with Crippen LogP contribution in [-0.2, 0) is 9.09 Å². The van der Waals surface area contributed by atoms with Crippen molar-refractivity contribution >= 4 is 8.03 Å². The fourth-order valence-corrected chi connectivity index (χ4v) is 4.78. The minimum absolute atomic E-state index is 0.307. The predicted molar refractivity (Wildman–Crippen MR) is 73.0 cm³/mol. The van der Waals surface area contributed by atoms with Gasteiger partial charge in [-0.2, -0.15) is 0 Å². The maximum Gasteiger partial charge on any atom is 0.194 e. The van der Waals surface area contributed by atoms with E-state index in [2.05, 4.69) is 6.92 Å². The first-order valence-electron chi connectivity index (χ1n) is 7.48. The van der Waals surface area contributed by atoms with Crippen molar-refractivity contribution in [3.05, 3.63) is 0 Å². The number of hydrogen-bond donors (Lipinski definition) is 0. The van der Waals surface area contributed by atoms with Crippen molar-refractivity contribution in [3.8, 4) is 0 Å². The molecular formula is C14H27O2P. The van der Waals surface area contributed by atoms with Crippen molar-refractivity contribution < 1.29 is 9.09 Å². The van der Waals surface area contributed by atoms with Crippen LogP contribution in [0, 0.1) is 5.92 Å². The highest BCUT2D eigenvalue weighted by Crippen LogP contribution is 2.42. The lowest BCUT2D eigenvalue weighted by atomic mass is 9.87. The van der Waals surface area contributed by atoms with Crippen LogP contribution in [0.4, 0.5) is 0 Å². The third kappa shape index (κ3) is 4.10. The highest BCUT2D eigenvalue weighted by atomic mass is 31.1. The topological polar surface area (TPSA) is 26.3 Å². The van der Waals surface area contributed by atoms with E-state index in [4.69, 9.17) is 4.52 Å². The van der Waals surface area contributed by atoms with Crippen LogP contribution in [-0.4, -0.2) is 11.8 Å². The molecule has 100 valence electrons. The van der Waals surface area contributed by atoms with Gasteiger partial charge in [-0.15, -0.1) is 0 Å². The third-order valence-corrected chi connectivity index (χ3v) is 6.34. The molecule has 2 saturated carbocycles. The van der Waals surface area contributed by atoms with Crippen LogP contribution < -0.4 is 0 Å². The molecule has 0 spiro atoms. The van der Waals surface area contributed by atoms with E-state index in [1.165, 1.54) is 51.4 Å². The van der Waals surface area contributed by atoms with Gasteiger partial charge in [0.15, 0.2) is 8.03 Å². The predicted octanol–water partition coefficient (Wildman–Crippen LogP) is 4.78. The van der Waals surface area contributed by atoms with E-state index in [1.54, 1.807) is 0 Å². The molecule has 0 aromatic heterocycles. The molecule has 0 N–H and O–H groups in total. The molecule has 0 aromatic carbocycles. The monoisotopic (exact) mass is 258 g/mol. The molecular weight excluding hydrogens is 231 g/mol. The summed E-state index contributed by atoms with van der Waals surface area (Å²) in [4.78, 5) is 0. The summed E-state index contributed by atoms with van der Waals surface area (Å²) in [6.45, 7) is 2.15. The molecule has 0 aromatic rings. The van der Waals surface area contributed by atoms with E-state index in [0.717, 1.165) is 12.8 Å². The largest absolute Gasteiger partial charge is 0.327 e. The lowest BCUT2D eigenvalue weighted by molar-refractivity contribution is 0.160. The van der Waals surface area contributed by atoms with Gasteiger partial charge in [0.05, 0.1) is 6.10 Å². The lowest BCUT2D eigenvalue weighted by Crippen LogP contribution is -2.20. The van der Waals surface area contributed by atoms with Crippen LogP contribution >= 0.6 is 8.03 Å². The molecule has 3 heteroatoms. The molecule has 0 aliphatic heterocycles. The van der Waals surface area contributed by atoms with Gasteiger partial charge in [-0.25, -0.2) is 0 Å². The summed E-state index contributed by atoms with van der Waals surface area (Å²) in [7, 11) is -1.82. The van der Waals surface area contributed by atoms with Crippen LogP contribution in [0.15, 0.2) is 0 Å². The number of hydrogen-bond acceptors (Lipinski definition) is 2. The Labute approximate surface area is 106 Å². The summed E-state index contributed by atoms with van der Waals surface area (Å²) in [5.41, 5.74) is 0.308. The first kappa shape index (κ1) is 13.6. The zero-order valence-electron chi connectivity index (χ0n) is 11.1. The molecule has 0 radical (unpaired) electrons. The van der Waals surface area contributed by atoms with Crippen LogP contribution in [0.2, 0.25) is 0 Å². The van der Waals surface area contributed by atoms with Crippen LogP contribution in [0.3, 0.4) is 0 Å². The highest BCUT2D eigenvalue weighted by molar-refractivity contribution is 7.40. The standard InChI is InChI=1S/C14H27O2P/c1-12(13-8-4-2-5-9-13)17(15)16-14-10-6-3-7-11-14/h12-14,17H,2-11H2,1H3. The van der Waals surface area contributed by atoms with Crippen LogP contribution in [0.5, 0.6) is 0 Å². The summed E-state index contributed by atoms with van der Waals surface area (Å²) in [5, 5.41) is 0. The normalized spacial score (nSPS) is 27.8. The fraction of sp³-hybridized carbons (Fsp3) is 1.00. The Hall–Kier alpha value is 0.190. The number of rotatable bonds is 4. The minimum atomic E-state index is -1.82. The summed E-state index contributed by atoms with van der Waals surface area (Å²) in [5.74, 6) is 0.665. The summed E-state index contributed by atoms with van der Waals surface area (Å²) in [6.07, 6.45) is 13.0. The van der Waals surface area contributed by atoms with Crippen LogP contribution in [0.25, 0.3) is 0 Å². The second-order valence-corrected chi connectivity index (χ2v) is 7.67. The smallest absolute Gasteiger partial charge is 0.194 e. The Morgan fingerprint density at radius 2 is 1.47 bits per heavy atom. The van der Waals surface area contributed by atoms with Crippen molar-refractivity contribution in [3.63, 3.8) is 0 Å². The molecule has 0 heterocycles. The average molecular weight is 258 g/mol. The van der Waals surface area contributed by atoms with Crippen molar-refractivity contribution in [1.29, 1.82) is 0 Å². The molecule has 2 aliphatic rings. The maximum atomic E-state index is 12.3. The molecule has 0 bridgehead atoms. The van der Waals surface area contributed by atoms with Crippen molar-refractivity contribution in [2.24, 2.45) is 5.92 Å². The van der Waals surface area contributed by atoms with Gasteiger partial charge in [-0.1, -0.05) is 45.4 Å². The Bertz CT molecular complexity index is 243.